The average molecular weight is 449 g/mol. The van der Waals surface area contributed by atoms with Crippen LogP contribution in [-0.2, 0) is 9.53 Å². The molecule has 2 N–H and O–H groups in total. The molecule has 0 atom stereocenters. The quantitative estimate of drug-likeness (QED) is 0.577. The molecule has 3 rings (SSSR count). The standard InChI is InChI=1S/C26H32N4O3/c1-5-7-20(19-8-10-33-11-9-19)12-21-13-22(15-27-17(21)3)26(32)30-24-14-23(16-28-18(24)4)29-25(31)6-2/h8,12-16H,5-7,9-11H2,1-4H3,(H,29,31)(H,30,32)/b20-12+. The maximum Gasteiger partial charge on any atom is 0.257 e. The Hall–Kier alpha value is -3.32. The number of ether oxygens (including phenoxy) is 1. The van der Waals surface area contributed by atoms with Crippen molar-refractivity contribution in [3.63, 3.8) is 0 Å². The Kier molecular flexibility index (Phi) is 8.49. The van der Waals surface area contributed by atoms with E-state index in [0.29, 0.717) is 35.7 Å². The minimum absolute atomic E-state index is 0.111. The number of anilines is 2. The van der Waals surface area contributed by atoms with Gasteiger partial charge in [-0.3, -0.25) is 19.6 Å². The Bertz CT molecular complexity index is 1090. The van der Waals surface area contributed by atoms with Gasteiger partial charge in [0.1, 0.15) is 0 Å². The van der Waals surface area contributed by atoms with Crippen LogP contribution >= 0.6 is 0 Å². The number of carbonyl (C=O) groups excluding carboxylic acids is 2. The molecule has 1 aliphatic heterocycles. The van der Waals surface area contributed by atoms with E-state index in [1.54, 1.807) is 32.3 Å². The minimum atomic E-state index is -0.275. The van der Waals surface area contributed by atoms with Crippen molar-refractivity contribution in [2.45, 2.75) is 53.4 Å². The number of nitrogens with zero attached hydrogens (tertiary/aromatic N) is 2. The van der Waals surface area contributed by atoms with Crippen LogP contribution in [-0.4, -0.2) is 35.0 Å². The molecule has 0 radical (unpaired) electrons. The summed E-state index contributed by atoms with van der Waals surface area (Å²) in [6.07, 6.45) is 10.7. The third kappa shape index (κ3) is 6.58. The molecule has 0 fully saturated rings. The van der Waals surface area contributed by atoms with Gasteiger partial charge in [-0.1, -0.05) is 26.3 Å². The van der Waals surface area contributed by atoms with E-state index in [-0.39, 0.29) is 11.8 Å². The second-order valence-electron chi connectivity index (χ2n) is 8.09. The van der Waals surface area contributed by atoms with Crippen LogP contribution in [0.3, 0.4) is 0 Å². The van der Waals surface area contributed by atoms with Crippen LogP contribution in [0.4, 0.5) is 11.4 Å². The fourth-order valence-electron chi connectivity index (χ4n) is 3.59. The Morgan fingerprint density at radius 1 is 1.09 bits per heavy atom. The van der Waals surface area contributed by atoms with Crippen molar-refractivity contribution in [2.75, 3.05) is 23.8 Å². The van der Waals surface area contributed by atoms with Gasteiger partial charge in [0, 0.05) is 18.3 Å². The highest BCUT2D eigenvalue weighted by atomic mass is 16.5. The number of hydrogen-bond donors (Lipinski definition) is 2. The number of aryl methyl sites for hydroxylation is 2. The number of pyridine rings is 2. The van der Waals surface area contributed by atoms with Crippen LogP contribution in [0.2, 0.25) is 0 Å². The topological polar surface area (TPSA) is 93.2 Å². The number of rotatable bonds is 8. The van der Waals surface area contributed by atoms with Gasteiger partial charge in [-0.2, -0.15) is 0 Å². The SMILES string of the molecule is CCC/C(=C\c1cc(C(=O)Nc2cc(NC(=O)CC)cnc2C)cnc1C)C1=CCOCC1. The molecule has 2 amide bonds. The predicted octanol–water partition coefficient (Wildman–Crippen LogP) is 5.22. The first-order valence-electron chi connectivity index (χ1n) is 11.4. The Morgan fingerprint density at radius 2 is 1.88 bits per heavy atom. The Morgan fingerprint density at radius 3 is 2.58 bits per heavy atom. The molecule has 7 heteroatoms. The fourth-order valence-corrected chi connectivity index (χ4v) is 3.59. The maximum absolute atomic E-state index is 13.0. The van der Waals surface area contributed by atoms with Crippen molar-refractivity contribution in [1.82, 2.24) is 9.97 Å². The molecule has 0 aromatic carbocycles. The molecule has 0 saturated heterocycles. The molecule has 33 heavy (non-hydrogen) atoms. The molecule has 3 heterocycles. The van der Waals surface area contributed by atoms with Crippen molar-refractivity contribution < 1.29 is 14.3 Å². The van der Waals surface area contributed by atoms with Crippen molar-refractivity contribution >= 4 is 29.3 Å². The first-order chi connectivity index (χ1) is 15.9. The highest BCUT2D eigenvalue weighted by Crippen LogP contribution is 2.26. The normalized spacial score (nSPS) is 13.9. The van der Waals surface area contributed by atoms with Crippen LogP contribution in [0.15, 0.2) is 41.7 Å². The molecular formula is C26H32N4O3. The van der Waals surface area contributed by atoms with Gasteiger partial charge >= 0.3 is 0 Å². The summed E-state index contributed by atoms with van der Waals surface area (Å²) in [5.74, 6) is -0.386. The molecule has 2 aromatic rings. The lowest BCUT2D eigenvalue weighted by Crippen LogP contribution is -2.15. The number of carbonyl (C=O) groups is 2. The smallest absolute Gasteiger partial charge is 0.257 e. The van der Waals surface area contributed by atoms with Crippen molar-refractivity contribution in [1.29, 1.82) is 0 Å². The first-order valence-corrected chi connectivity index (χ1v) is 11.4. The number of allylic oxidation sites excluding steroid dienone is 1. The van der Waals surface area contributed by atoms with Crippen LogP contribution in [0.25, 0.3) is 6.08 Å². The van der Waals surface area contributed by atoms with Crippen molar-refractivity contribution in [3.05, 3.63) is 64.3 Å². The molecule has 0 bridgehead atoms. The van der Waals surface area contributed by atoms with Crippen LogP contribution in [0, 0.1) is 13.8 Å². The number of aromatic nitrogens is 2. The minimum Gasteiger partial charge on any atom is -0.377 e. The first kappa shape index (κ1) is 24.3. The number of hydrogen-bond acceptors (Lipinski definition) is 5. The zero-order chi connectivity index (χ0) is 23.8. The number of nitrogens with one attached hydrogen (secondary N) is 2. The van der Waals surface area contributed by atoms with E-state index in [9.17, 15) is 9.59 Å². The van der Waals surface area contributed by atoms with Crippen LogP contribution in [0.1, 0.15) is 66.8 Å². The summed E-state index contributed by atoms with van der Waals surface area (Å²) < 4.78 is 5.46. The van der Waals surface area contributed by atoms with E-state index in [4.69, 9.17) is 4.74 Å². The highest BCUT2D eigenvalue weighted by Gasteiger charge is 2.14. The van der Waals surface area contributed by atoms with Gasteiger partial charge in [-0.15, -0.1) is 0 Å². The Labute approximate surface area is 195 Å². The molecule has 174 valence electrons. The monoisotopic (exact) mass is 448 g/mol. The molecule has 0 aliphatic carbocycles. The summed E-state index contributed by atoms with van der Waals surface area (Å²) in [5, 5.41) is 5.67. The second-order valence-corrected chi connectivity index (χ2v) is 8.09. The van der Waals surface area contributed by atoms with E-state index >= 15 is 0 Å². The van der Waals surface area contributed by atoms with E-state index in [2.05, 4.69) is 39.7 Å². The zero-order valence-corrected chi connectivity index (χ0v) is 19.8. The molecule has 7 nitrogen and oxygen atoms in total. The average Bonchev–Trinajstić information content (AvgIpc) is 2.82. The van der Waals surface area contributed by atoms with Gasteiger partial charge in [0.15, 0.2) is 0 Å². The van der Waals surface area contributed by atoms with Crippen molar-refractivity contribution in [3.8, 4) is 0 Å². The third-order valence-electron chi connectivity index (χ3n) is 5.55. The largest absolute Gasteiger partial charge is 0.377 e. The lowest BCUT2D eigenvalue weighted by molar-refractivity contribution is -0.115. The third-order valence-corrected chi connectivity index (χ3v) is 5.55. The highest BCUT2D eigenvalue weighted by molar-refractivity contribution is 6.05. The summed E-state index contributed by atoms with van der Waals surface area (Å²) >= 11 is 0. The summed E-state index contributed by atoms with van der Waals surface area (Å²) in [6.45, 7) is 9.07. The van der Waals surface area contributed by atoms with Gasteiger partial charge in [0.25, 0.3) is 5.91 Å². The molecular weight excluding hydrogens is 416 g/mol. The van der Waals surface area contributed by atoms with Gasteiger partial charge in [-0.25, -0.2) is 0 Å². The van der Waals surface area contributed by atoms with Crippen LogP contribution in [0.5, 0.6) is 0 Å². The molecule has 0 unspecified atom stereocenters. The second kappa shape index (κ2) is 11.5. The summed E-state index contributed by atoms with van der Waals surface area (Å²) in [6, 6.07) is 3.59. The lowest BCUT2D eigenvalue weighted by atomic mass is 9.94. The van der Waals surface area contributed by atoms with Crippen molar-refractivity contribution in [2.24, 2.45) is 0 Å². The molecule has 0 saturated carbocycles. The fraction of sp³-hybridized carbons (Fsp3) is 0.385. The van der Waals surface area contributed by atoms with E-state index in [0.717, 1.165) is 37.1 Å². The van der Waals surface area contributed by atoms with Gasteiger partial charge in [0.2, 0.25) is 5.91 Å². The molecule has 1 aliphatic rings. The van der Waals surface area contributed by atoms with Gasteiger partial charge < -0.3 is 15.4 Å². The van der Waals surface area contributed by atoms with E-state index in [1.807, 2.05) is 13.0 Å². The number of amides is 2. The molecule has 0 spiro atoms. The predicted molar refractivity (Wildman–Crippen MR) is 131 cm³/mol. The summed E-state index contributed by atoms with van der Waals surface area (Å²) in [7, 11) is 0. The van der Waals surface area contributed by atoms with E-state index in [1.165, 1.54) is 11.1 Å². The van der Waals surface area contributed by atoms with Gasteiger partial charge in [0.05, 0.1) is 42.0 Å². The molecule has 2 aromatic heterocycles. The van der Waals surface area contributed by atoms with E-state index < -0.39 is 0 Å². The maximum atomic E-state index is 13.0. The van der Waals surface area contributed by atoms with Gasteiger partial charge in [-0.05, 0) is 61.6 Å². The lowest BCUT2D eigenvalue weighted by Gasteiger charge is -2.17. The summed E-state index contributed by atoms with van der Waals surface area (Å²) in [4.78, 5) is 33.5. The Balaban J connectivity index is 1.85. The summed E-state index contributed by atoms with van der Waals surface area (Å²) in [5.41, 5.74) is 6.59. The zero-order valence-electron chi connectivity index (χ0n) is 19.8. The van der Waals surface area contributed by atoms with Crippen LogP contribution < -0.4 is 10.6 Å².